The molecular formula is C25H25N3O3S. The van der Waals surface area contributed by atoms with Crippen molar-refractivity contribution in [1.29, 1.82) is 0 Å². The molecule has 0 radical (unpaired) electrons. The predicted octanol–water partition coefficient (Wildman–Crippen LogP) is 4.24. The topological polar surface area (TPSA) is 58.8 Å². The zero-order chi connectivity index (χ0) is 21.9. The van der Waals surface area contributed by atoms with Crippen LogP contribution in [0.15, 0.2) is 69.2 Å². The summed E-state index contributed by atoms with van der Waals surface area (Å²) >= 11 is 1.70. The van der Waals surface area contributed by atoms with Gasteiger partial charge in [-0.2, -0.15) is 0 Å². The predicted molar refractivity (Wildman–Crippen MR) is 127 cm³/mol. The highest BCUT2D eigenvalue weighted by Crippen LogP contribution is 2.25. The molecule has 1 aliphatic rings. The number of ether oxygens (including phenoxy) is 1. The standard InChI is InChI=1S/C25H25N3O3S/c1-30-21-7-8-22-19(13-24(29)31-23(22)14-21)15-27-9-11-28(12-10-27)16-20-17-32-25(26-20)18-5-3-2-4-6-18/h2-8,13-14,17H,9-12,15-16H2,1H3. The first-order valence-corrected chi connectivity index (χ1v) is 11.6. The van der Waals surface area contributed by atoms with E-state index in [4.69, 9.17) is 14.1 Å². The molecule has 1 fully saturated rings. The summed E-state index contributed by atoms with van der Waals surface area (Å²) in [4.78, 5) is 21.7. The lowest BCUT2D eigenvalue weighted by atomic mass is 10.1. The molecule has 5 rings (SSSR count). The SMILES string of the molecule is COc1ccc2c(CN3CCN(Cc4csc(-c5ccccc5)n4)CC3)cc(=O)oc2c1. The van der Waals surface area contributed by atoms with Gasteiger partial charge in [0.1, 0.15) is 16.3 Å². The first kappa shape index (κ1) is 20.9. The van der Waals surface area contributed by atoms with E-state index in [1.54, 1.807) is 30.6 Å². The van der Waals surface area contributed by atoms with E-state index in [2.05, 4.69) is 27.3 Å². The van der Waals surface area contributed by atoms with Crippen molar-refractivity contribution < 1.29 is 9.15 Å². The van der Waals surface area contributed by atoms with Crippen LogP contribution in [0.4, 0.5) is 0 Å². The average Bonchev–Trinajstić information content (AvgIpc) is 3.29. The van der Waals surface area contributed by atoms with Crippen LogP contribution in [0.2, 0.25) is 0 Å². The van der Waals surface area contributed by atoms with E-state index < -0.39 is 0 Å². The molecule has 0 aliphatic carbocycles. The highest BCUT2D eigenvalue weighted by molar-refractivity contribution is 7.13. The lowest BCUT2D eigenvalue weighted by Crippen LogP contribution is -2.45. The molecule has 2 aromatic carbocycles. The van der Waals surface area contributed by atoms with Crippen LogP contribution in [0.25, 0.3) is 21.5 Å². The minimum Gasteiger partial charge on any atom is -0.497 e. The number of rotatable bonds is 6. The second-order valence-corrected chi connectivity index (χ2v) is 8.87. The van der Waals surface area contributed by atoms with Crippen molar-refractivity contribution in [2.24, 2.45) is 0 Å². The molecule has 0 unspecified atom stereocenters. The summed E-state index contributed by atoms with van der Waals surface area (Å²) in [6, 6.07) is 17.6. The van der Waals surface area contributed by atoms with Gasteiger partial charge in [-0.15, -0.1) is 11.3 Å². The Bertz CT molecular complexity index is 1260. The summed E-state index contributed by atoms with van der Waals surface area (Å²) in [6.45, 7) is 5.46. The number of hydrogen-bond acceptors (Lipinski definition) is 7. The summed E-state index contributed by atoms with van der Waals surface area (Å²) < 4.78 is 10.6. The molecule has 1 saturated heterocycles. The third-order valence-electron chi connectivity index (χ3n) is 5.85. The van der Waals surface area contributed by atoms with Crippen LogP contribution in [0, 0.1) is 0 Å². The maximum Gasteiger partial charge on any atom is 0.336 e. The van der Waals surface area contributed by atoms with Crippen LogP contribution in [0.1, 0.15) is 11.3 Å². The fraction of sp³-hybridized carbons (Fsp3) is 0.280. The zero-order valence-electron chi connectivity index (χ0n) is 18.0. The molecule has 2 aromatic heterocycles. The van der Waals surface area contributed by atoms with E-state index in [1.165, 1.54) is 5.56 Å². The Kier molecular flexibility index (Phi) is 6.03. The van der Waals surface area contributed by atoms with Crippen LogP contribution in [-0.4, -0.2) is 48.1 Å². The summed E-state index contributed by atoms with van der Waals surface area (Å²) in [7, 11) is 1.61. The van der Waals surface area contributed by atoms with Crippen molar-refractivity contribution in [3.05, 3.63) is 81.7 Å². The van der Waals surface area contributed by atoms with Gasteiger partial charge in [0.25, 0.3) is 0 Å². The minimum absolute atomic E-state index is 0.322. The Labute approximate surface area is 190 Å². The number of benzene rings is 2. The first-order chi connectivity index (χ1) is 15.7. The Morgan fingerprint density at radius 3 is 2.50 bits per heavy atom. The van der Waals surface area contributed by atoms with Crippen LogP contribution in [-0.2, 0) is 13.1 Å². The van der Waals surface area contributed by atoms with Crippen molar-refractivity contribution in [3.63, 3.8) is 0 Å². The van der Waals surface area contributed by atoms with Gasteiger partial charge in [-0.1, -0.05) is 30.3 Å². The minimum atomic E-state index is -0.322. The normalized spacial score (nSPS) is 15.3. The summed E-state index contributed by atoms with van der Waals surface area (Å²) in [5.41, 5.74) is 3.55. The lowest BCUT2D eigenvalue weighted by molar-refractivity contribution is 0.121. The van der Waals surface area contributed by atoms with Gasteiger partial charge < -0.3 is 9.15 Å². The fourth-order valence-corrected chi connectivity index (χ4v) is 4.95. The number of hydrogen-bond donors (Lipinski definition) is 0. The summed E-state index contributed by atoms with van der Waals surface area (Å²) in [5, 5.41) is 4.20. The third kappa shape index (κ3) is 4.60. The molecule has 0 saturated carbocycles. The monoisotopic (exact) mass is 447 g/mol. The maximum absolute atomic E-state index is 12.1. The quantitative estimate of drug-likeness (QED) is 0.412. The molecule has 0 bridgehead atoms. The Hall–Kier alpha value is -3.00. The fourth-order valence-electron chi connectivity index (χ4n) is 4.14. The number of aromatic nitrogens is 1. The Morgan fingerprint density at radius 2 is 1.75 bits per heavy atom. The zero-order valence-corrected chi connectivity index (χ0v) is 18.8. The van der Waals surface area contributed by atoms with E-state index >= 15 is 0 Å². The van der Waals surface area contributed by atoms with Crippen LogP contribution >= 0.6 is 11.3 Å². The smallest absolute Gasteiger partial charge is 0.336 e. The van der Waals surface area contributed by atoms with Crippen LogP contribution < -0.4 is 10.4 Å². The highest BCUT2D eigenvalue weighted by Gasteiger charge is 2.19. The summed E-state index contributed by atoms with van der Waals surface area (Å²) in [5.74, 6) is 0.684. The van der Waals surface area contributed by atoms with Crippen molar-refractivity contribution >= 4 is 22.3 Å². The Balaban J connectivity index is 1.21. The van der Waals surface area contributed by atoms with Gasteiger partial charge in [0, 0.05) is 67.7 Å². The second-order valence-electron chi connectivity index (χ2n) is 8.02. The van der Waals surface area contributed by atoms with Crippen LogP contribution in [0.3, 0.4) is 0 Å². The van der Waals surface area contributed by atoms with E-state index in [0.29, 0.717) is 11.3 Å². The molecule has 32 heavy (non-hydrogen) atoms. The van der Waals surface area contributed by atoms with Crippen molar-refractivity contribution in [2.45, 2.75) is 13.1 Å². The number of fused-ring (bicyclic) bond motifs is 1. The average molecular weight is 448 g/mol. The number of thiazole rings is 1. The van der Waals surface area contributed by atoms with Crippen LogP contribution in [0.5, 0.6) is 5.75 Å². The first-order valence-electron chi connectivity index (χ1n) is 10.7. The molecule has 0 spiro atoms. The molecule has 0 N–H and O–H groups in total. The van der Waals surface area contributed by atoms with Gasteiger partial charge in [0.15, 0.2) is 0 Å². The Morgan fingerprint density at radius 1 is 1.00 bits per heavy atom. The van der Waals surface area contributed by atoms with E-state index in [-0.39, 0.29) is 5.63 Å². The van der Waals surface area contributed by atoms with E-state index in [1.807, 2.05) is 30.3 Å². The van der Waals surface area contributed by atoms with Gasteiger partial charge in [0.2, 0.25) is 0 Å². The number of piperazine rings is 1. The van der Waals surface area contributed by atoms with Crippen molar-refractivity contribution in [3.8, 4) is 16.3 Å². The molecule has 0 atom stereocenters. The number of methoxy groups -OCH3 is 1. The van der Waals surface area contributed by atoms with Crippen molar-refractivity contribution in [2.75, 3.05) is 33.3 Å². The third-order valence-corrected chi connectivity index (χ3v) is 6.79. The molecular weight excluding hydrogens is 422 g/mol. The molecule has 3 heterocycles. The molecule has 7 heteroatoms. The maximum atomic E-state index is 12.1. The molecule has 164 valence electrons. The van der Waals surface area contributed by atoms with E-state index in [9.17, 15) is 4.79 Å². The molecule has 4 aromatic rings. The van der Waals surface area contributed by atoms with E-state index in [0.717, 1.165) is 60.9 Å². The molecule has 6 nitrogen and oxygen atoms in total. The van der Waals surface area contributed by atoms with Gasteiger partial charge >= 0.3 is 5.63 Å². The highest BCUT2D eigenvalue weighted by atomic mass is 32.1. The van der Waals surface area contributed by atoms with Gasteiger partial charge in [-0.25, -0.2) is 9.78 Å². The molecule has 1 aliphatic heterocycles. The van der Waals surface area contributed by atoms with Gasteiger partial charge in [-0.05, 0) is 17.7 Å². The van der Waals surface area contributed by atoms with Crippen molar-refractivity contribution in [1.82, 2.24) is 14.8 Å². The van der Waals surface area contributed by atoms with Gasteiger partial charge in [-0.3, -0.25) is 9.80 Å². The second kappa shape index (κ2) is 9.24. The molecule has 0 amide bonds. The summed E-state index contributed by atoms with van der Waals surface area (Å²) in [6.07, 6.45) is 0. The largest absolute Gasteiger partial charge is 0.497 e. The lowest BCUT2D eigenvalue weighted by Gasteiger charge is -2.34. The van der Waals surface area contributed by atoms with Gasteiger partial charge in [0.05, 0.1) is 12.8 Å². The number of nitrogens with zero attached hydrogens (tertiary/aromatic N) is 3.